The van der Waals surface area contributed by atoms with Gasteiger partial charge in [-0.25, -0.2) is 0 Å². The summed E-state index contributed by atoms with van der Waals surface area (Å²) in [6, 6.07) is 18.5. The lowest BCUT2D eigenvalue weighted by atomic mass is 9.73. The minimum atomic E-state index is -0.0374. The highest BCUT2D eigenvalue weighted by molar-refractivity contribution is 5.48. The first-order valence-electron chi connectivity index (χ1n) is 8.90. The van der Waals surface area contributed by atoms with Crippen molar-refractivity contribution in [2.24, 2.45) is 0 Å². The van der Waals surface area contributed by atoms with Crippen LogP contribution >= 0.6 is 0 Å². The van der Waals surface area contributed by atoms with Gasteiger partial charge in [0.15, 0.2) is 0 Å². The van der Waals surface area contributed by atoms with Gasteiger partial charge in [-0.1, -0.05) is 71.8 Å². The van der Waals surface area contributed by atoms with Crippen LogP contribution in [0.15, 0.2) is 60.7 Å². The molecule has 126 valence electrons. The maximum Gasteiger partial charge on any atom is 0.0400 e. The molecule has 0 spiro atoms. The maximum atomic E-state index is 3.75. The number of benzene rings is 2. The summed E-state index contributed by atoms with van der Waals surface area (Å²) in [6.07, 6.45) is 5.83. The molecule has 24 heavy (non-hydrogen) atoms. The van der Waals surface area contributed by atoms with Crippen molar-refractivity contribution in [3.8, 4) is 0 Å². The number of nitrogens with one attached hydrogen (secondary N) is 1. The Bertz CT molecular complexity index is 669. The molecule has 2 aromatic rings. The lowest BCUT2D eigenvalue weighted by Gasteiger charge is -2.33. The molecule has 1 aliphatic carbocycles. The molecule has 1 heteroatoms. The van der Waals surface area contributed by atoms with Gasteiger partial charge in [-0.05, 0) is 52.2 Å². The number of allylic oxidation sites excluding steroid dienone is 1. The first-order valence-corrected chi connectivity index (χ1v) is 8.90. The fourth-order valence-corrected chi connectivity index (χ4v) is 3.72. The molecule has 1 atom stereocenters. The molecule has 1 unspecified atom stereocenters. The highest BCUT2D eigenvalue weighted by Crippen LogP contribution is 2.42. The van der Waals surface area contributed by atoms with Gasteiger partial charge in [0.05, 0.1) is 0 Å². The standard InChI is InChI=1S/C23H29N/c1-17-6-10-19(11-7-17)23(20-12-8-18(2)9-13-20)15-14-21(16-23)24-22(3,4)5/h6-15,21,24H,16H2,1-5H3. The Morgan fingerprint density at radius 3 is 1.71 bits per heavy atom. The largest absolute Gasteiger partial charge is 0.306 e. The van der Waals surface area contributed by atoms with Gasteiger partial charge in [0, 0.05) is 17.0 Å². The van der Waals surface area contributed by atoms with Crippen LogP contribution in [-0.2, 0) is 5.41 Å². The summed E-state index contributed by atoms with van der Waals surface area (Å²) < 4.78 is 0. The number of hydrogen-bond acceptors (Lipinski definition) is 1. The average molecular weight is 319 g/mol. The lowest BCUT2D eigenvalue weighted by Crippen LogP contribution is -2.43. The minimum absolute atomic E-state index is 0.0374. The van der Waals surface area contributed by atoms with E-state index in [0.29, 0.717) is 6.04 Å². The summed E-state index contributed by atoms with van der Waals surface area (Å²) in [4.78, 5) is 0. The van der Waals surface area contributed by atoms with Crippen LogP contribution in [0.2, 0.25) is 0 Å². The van der Waals surface area contributed by atoms with Crippen molar-refractivity contribution in [2.45, 2.75) is 58.0 Å². The highest BCUT2D eigenvalue weighted by Gasteiger charge is 2.38. The molecular formula is C23H29N. The minimum Gasteiger partial charge on any atom is -0.306 e. The fourth-order valence-electron chi connectivity index (χ4n) is 3.72. The Balaban J connectivity index is 2.02. The van der Waals surface area contributed by atoms with Crippen molar-refractivity contribution < 1.29 is 0 Å². The Hall–Kier alpha value is -1.86. The third-order valence-corrected chi connectivity index (χ3v) is 4.91. The van der Waals surface area contributed by atoms with Crippen LogP contribution < -0.4 is 5.32 Å². The third-order valence-electron chi connectivity index (χ3n) is 4.91. The summed E-state index contributed by atoms with van der Waals surface area (Å²) >= 11 is 0. The first-order chi connectivity index (χ1) is 11.3. The Kier molecular flexibility index (Phi) is 4.40. The zero-order valence-corrected chi connectivity index (χ0v) is 15.6. The molecule has 0 radical (unpaired) electrons. The van der Waals surface area contributed by atoms with E-state index in [0.717, 1.165) is 6.42 Å². The second kappa shape index (κ2) is 6.22. The van der Waals surface area contributed by atoms with E-state index < -0.39 is 0 Å². The summed E-state index contributed by atoms with van der Waals surface area (Å²) in [6.45, 7) is 11.0. The van der Waals surface area contributed by atoms with Crippen LogP contribution in [0.3, 0.4) is 0 Å². The predicted octanol–water partition coefficient (Wildman–Crippen LogP) is 5.31. The van der Waals surface area contributed by atoms with Gasteiger partial charge < -0.3 is 5.32 Å². The Morgan fingerprint density at radius 2 is 1.29 bits per heavy atom. The Labute approximate surface area is 146 Å². The van der Waals surface area contributed by atoms with Crippen molar-refractivity contribution >= 4 is 0 Å². The van der Waals surface area contributed by atoms with Gasteiger partial charge in [-0.15, -0.1) is 0 Å². The van der Waals surface area contributed by atoms with Gasteiger partial charge in [0.2, 0.25) is 0 Å². The molecule has 0 aromatic heterocycles. The molecule has 0 amide bonds. The molecular weight excluding hydrogens is 290 g/mol. The van der Waals surface area contributed by atoms with E-state index in [1.54, 1.807) is 0 Å². The van der Waals surface area contributed by atoms with E-state index in [-0.39, 0.29) is 11.0 Å². The van der Waals surface area contributed by atoms with E-state index >= 15 is 0 Å². The maximum absolute atomic E-state index is 3.75. The highest BCUT2D eigenvalue weighted by atomic mass is 15.0. The SMILES string of the molecule is Cc1ccc(C2(c3ccc(C)cc3)C=CC(NC(C)(C)C)C2)cc1. The van der Waals surface area contributed by atoms with E-state index in [4.69, 9.17) is 0 Å². The fraction of sp³-hybridized carbons (Fsp3) is 0.391. The number of aryl methyl sites for hydroxylation is 2. The molecule has 0 fully saturated rings. The van der Waals surface area contributed by atoms with E-state index in [1.165, 1.54) is 22.3 Å². The second-order valence-corrected chi connectivity index (χ2v) is 8.27. The van der Waals surface area contributed by atoms with Gasteiger partial charge in [0.1, 0.15) is 0 Å². The van der Waals surface area contributed by atoms with Crippen molar-refractivity contribution in [1.29, 1.82) is 0 Å². The van der Waals surface area contributed by atoms with Crippen molar-refractivity contribution in [3.05, 3.63) is 82.9 Å². The predicted molar refractivity (Wildman–Crippen MR) is 104 cm³/mol. The summed E-state index contributed by atoms with van der Waals surface area (Å²) in [5, 5.41) is 3.75. The summed E-state index contributed by atoms with van der Waals surface area (Å²) in [7, 11) is 0. The molecule has 1 N–H and O–H groups in total. The van der Waals surface area contributed by atoms with Gasteiger partial charge in [-0.3, -0.25) is 0 Å². The summed E-state index contributed by atoms with van der Waals surface area (Å²) in [5.74, 6) is 0. The van der Waals surface area contributed by atoms with Crippen LogP contribution in [0.1, 0.15) is 49.4 Å². The zero-order valence-electron chi connectivity index (χ0n) is 15.6. The van der Waals surface area contributed by atoms with Crippen molar-refractivity contribution in [3.63, 3.8) is 0 Å². The molecule has 0 saturated carbocycles. The van der Waals surface area contributed by atoms with Crippen molar-refractivity contribution in [2.75, 3.05) is 0 Å². The molecule has 2 aromatic carbocycles. The van der Waals surface area contributed by atoms with Crippen LogP contribution in [-0.4, -0.2) is 11.6 Å². The van der Waals surface area contributed by atoms with Gasteiger partial charge in [-0.2, -0.15) is 0 Å². The molecule has 0 heterocycles. The van der Waals surface area contributed by atoms with Gasteiger partial charge >= 0.3 is 0 Å². The third kappa shape index (κ3) is 3.47. The van der Waals surface area contributed by atoms with Crippen LogP contribution in [0.5, 0.6) is 0 Å². The molecule has 0 aliphatic heterocycles. The van der Waals surface area contributed by atoms with E-state index in [2.05, 4.69) is 101 Å². The second-order valence-electron chi connectivity index (χ2n) is 8.27. The van der Waals surface area contributed by atoms with Crippen LogP contribution in [0, 0.1) is 13.8 Å². The van der Waals surface area contributed by atoms with Crippen LogP contribution in [0.25, 0.3) is 0 Å². The normalized spacial score (nSPS) is 19.6. The monoisotopic (exact) mass is 319 g/mol. The smallest absolute Gasteiger partial charge is 0.0400 e. The van der Waals surface area contributed by atoms with E-state index in [9.17, 15) is 0 Å². The topological polar surface area (TPSA) is 12.0 Å². The molecule has 0 saturated heterocycles. The molecule has 3 rings (SSSR count). The summed E-state index contributed by atoms with van der Waals surface area (Å²) in [5.41, 5.74) is 5.46. The van der Waals surface area contributed by atoms with Gasteiger partial charge in [0.25, 0.3) is 0 Å². The number of rotatable bonds is 3. The lowest BCUT2D eigenvalue weighted by molar-refractivity contribution is 0.371. The average Bonchev–Trinajstić information content (AvgIpc) is 2.91. The quantitative estimate of drug-likeness (QED) is 0.756. The molecule has 0 bridgehead atoms. The van der Waals surface area contributed by atoms with E-state index in [1.807, 2.05) is 0 Å². The molecule has 1 aliphatic rings. The molecule has 1 nitrogen and oxygen atoms in total. The van der Waals surface area contributed by atoms with Crippen LogP contribution in [0.4, 0.5) is 0 Å². The first kappa shape index (κ1) is 17.0. The Morgan fingerprint density at radius 1 is 0.833 bits per heavy atom. The number of hydrogen-bond donors (Lipinski definition) is 1. The van der Waals surface area contributed by atoms with Crippen molar-refractivity contribution in [1.82, 2.24) is 5.32 Å². The zero-order chi connectivity index (χ0) is 17.4.